The number of carbonyl (C=O) groups is 2. The number of esters is 2. The molecule has 0 heterocycles. The van der Waals surface area contributed by atoms with Crippen LogP contribution in [-0.2, 0) is 19.1 Å². The highest BCUT2D eigenvalue weighted by Crippen LogP contribution is 2.18. The molecule has 0 bridgehead atoms. The van der Waals surface area contributed by atoms with Crippen LogP contribution in [0.25, 0.3) is 0 Å². The first-order chi connectivity index (χ1) is 26.8. The largest absolute Gasteiger partial charge is 0.462 e. The summed E-state index contributed by atoms with van der Waals surface area (Å²) in [6.45, 7) is 12.6. The van der Waals surface area contributed by atoms with Crippen molar-refractivity contribution >= 4 is 23.3 Å². The van der Waals surface area contributed by atoms with E-state index in [0.29, 0.717) is 30.8 Å². The Morgan fingerprint density at radius 1 is 0.509 bits per heavy atom. The van der Waals surface area contributed by atoms with Crippen LogP contribution in [0.15, 0.2) is 9.59 Å². The Hall–Kier alpha value is -2.42. The maximum Gasteiger partial charge on any atom is 0.306 e. The van der Waals surface area contributed by atoms with E-state index in [1.165, 1.54) is 44.9 Å². The van der Waals surface area contributed by atoms with Gasteiger partial charge in [0.15, 0.2) is 0 Å². The van der Waals surface area contributed by atoms with Crippen LogP contribution >= 0.6 is 0 Å². The predicted molar refractivity (Wildman–Crippen MR) is 232 cm³/mol. The van der Waals surface area contributed by atoms with Crippen molar-refractivity contribution in [1.29, 1.82) is 0 Å². The number of hydrogen-bond acceptors (Lipinski definition) is 9. The molecule has 0 spiro atoms. The molecular weight excluding hydrogens is 691 g/mol. The zero-order valence-corrected chi connectivity index (χ0v) is 36.4. The van der Waals surface area contributed by atoms with Gasteiger partial charge in [0.2, 0.25) is 0 Å². The van der Waals surface area contributed by atoms with Gasteiger partial charge < -0.3 is 25.0 Å². The predicted octanol–water partition coefficient (Wildman–Crippen LogP) is 11.3. The number of nitrogens with one attached hydrogen (secondary N) is 2. The standard InChI is InChI=1S/C46H85N3O6/c1-6-10-13-17-23-32-40(31-22-14-11-7-2)55-42(51)34-25-19-16-21-28-37-49(38-29-26-35-48-44-43(47-5)45(52)46(44)53)36-27-20-15-18-24-33-41(50)54-39(9-4)30-12-8-3/h39-40,47-48H,6-38H2,1-5H3. The zero-order chi connectivity index (χ0) is 40.4. The Morgan fingerprint density at radius 2 is 0.927 bits per heavy atom. The Kier molecular flexibility index (Phi) is 32.0. The lowest BCUT2D eigenvalue weighted by Gasteiger charge is -2.22. The van der Waals surface area contributed by atoms with E-state index in [1.807, 2.05) is 0 Å². The molecular formula is C46H85N3O6. The van der Waals surface area contributed by atoms with Gasteiger partial charge >= 0.3 is 11.9 Å². The highest BCUT2D eigenvalue weighted by atomic mass is 16.5. The summed E-state index contributed by atoms with van der Waals surface area (Å²) in [5.74, 6) is -0.0467. The third kappa shape index (κ3) is 25.5. The van der Waals surface area contributed by atoms with Crippen LogP contribution in [0.3, 0.4) is 0 Å². The Labute approximate surface area is 336 Å². The van der Waals surface area contributed by atoms with Crippen molar-refractivity contribution in [3.8, 4) is 0 Å². The van der Waals surface area contributed by atoms with E-state index < -0.39 is 10.9 Å². The lowest BCUT2D eigenvalue weighted by atomic mass is 10.0. The van der Waals surface area contributed by atoms with Gasteiger partial charge in [-0.1, -0.05) is 124 Å². The number of rotatable bonds is 40. The van der Waals surface area contributed by atoms with Gasteiger partial charge in [0, 0.05) is 26.4 Å². The van der Waals surface area contributed by atoms with Gasteiger partial charge in [-0.2, -0.15) is 0 Å². The van der Waals surface area contributed by atoms with Gasteiger partial charge in [-0.05, 0) is 96.7 Å². The van der Waals surface area contributed by atoms with Crippen molar-refractivity contribution in [3.05, 3.63) is 20.4 Å². The van der Waals surface area contributed by atoms with E-state index in [4.69, 9.17) is 9.47 Å². The lowest BCUT2D eigenvalue weighted by molar-refractivity contribution is -0.150. The van der Waals surface area contributed by atoms with Crippen molar-refractivity contribution in [2.24, 2.45) is 0 Å². The topological polar surface area (TPSA) is 114 Å². The molecule has 55 heavy (non-hydrogen) atoms. The molecule has 9 heteroatoms. The monoisotopic (exact) mass is 776 g/mol. The van der Waals surface area contributed by atoms with E-state index in [2.05, 4.69) is 43.2 Å². The van der Waals surface area contributed by atoms with Gasteiger partial charge in [0.25, 0.3) is 10.9 Å². The van der Waals surface area contributed by atoms with Gasteiger partial charge in [-0.15, -0.1) is 0 Å². The minimum Gasteiger partial charge on any atom is -0.462 e. The van der Waals surface area contributed by atoms with Crippen molar-refractivity contribution in [2.75, 3.05) is 43.9 Å². The van der Waals surface area contributed by atoms with E-state index in [1.54, 1.807) is 7.05 Å². The van der Waals surface area contributed by atoms with Gasteiger partial charge in [0.05, 0.1) is 0 Å². The third-order valence-corrected chi connectivity index (χ3v) is 11.0. The fourth-order valence-electron chi connectivity index (χ4n) is 7.38. The molecule has 1 aromatic rings. The van der Waals surface area contributed by atoms with Crippen LogP contribution in [0.1, 0.15) is 214 Å². The average Bonchev–Trinajstić information content (AvgIpc) is 3.18. The Morgan fingerprint density at radius 3 is 1.45 bits per heavy atom. The van der Waals surface area contributed by atoms with Crippen LogP contribution in [0.2, 0.25) is 0 Å². The number of unbranched alkanes of at least 4 members (excludes halogenated alkanes) is 17. The number of hydrogen-bond donors (Lipinski definition) is 2. The highest BCUT2D eigenvalue weighted by Gasteiger charge is 2.19. The molecule has 0 aromatic heterocycles. The zero-order valence-electron chi connectivity index (χ0n) is 36.4. The summed E-state index contributed by atoms with van der Waals surface area (Å²) in [7, 11) is 1.67. The number of nitrogens with zero attached hydrogens (tertiary/aromatic N) is 1. The highest BCUT2D eigenvalue weighted by molar-refractivity contribution is 5.73. The molecule has 0 amide bonds. The van der Waals surface area contributed by atoms with E-state index >= 15 is 0 Å². The molecule has 0 saturated carbocycles. The summed E-state index contributed by atoms with van der Waals surface area (Å²) in [6, 6.07) is 0. The van der Waals surface area contributed by atoms with Crippen molar-refractivity contribution in [1.82, 2.24) is 4.90 Å². The molecule has 1 rings (SSSR count). The molecule has 0 fully saturated rings. The molecule has 1 aromatic carbocycles. The fraction of sp³-hybridized carbons (Fsp3) is 0.870. The summed E-state index contributed by atoms with van der Waals surface area (Å²) in [6.07, 6.45) is 31.2. The molecule has 0 aliphatic carbocycles. The first kappa shape index (κ1) is 50.6. The Balaban J connectivity index is 2.39. The summed E-state index contributed by atoms with van der Waals surface area (Å²) in [5.41, 5.74) is -0.0405. The van der Waals surface area contributed by atoms with Crippen LogP contribution in [0, 0.1) is 0 Å². The molecule has 0 saturated heterocycles. The second-order valence-electron chi connectivity index (χ2n) is 16.0. The summed E-state index contributed by atoms with van der Waals surface area (Å²) in [5, 5.41) is 5.98. The smallest absolute Gasteiger partial charge is 0.306 e. The number of anilines is 2. The number of ether oxygens (including phenoxy) is 2. The SMILES string of the molecule is CCCCCCCC(CCCCCC)OC(=O)CCCCCCCN(CCCCCCCC(=O)OC(CC)CCCC)CCCCNc1c(NC)c(=O)c1=O. The number of carbonyl (C=O) groups excluding carboxylic acids is 2. The second-order valence-corrected chi connectivity index (χ2v) is 16.0. The molecule has 0 aliphatic rings. The van der Waals surface area contributed by atoms with Crippen molar-refractivity contribution < 1.29 is 19.1 Å². The first-order valence-electron chi connectivity index (χ1n) is 23.2. The molecule has 2 N–H and O–H groups in total. The quantitative estimate of drug-likeness (QED) is 0.0382. The van der Waals surface area contributed by atoms with Gasteiger partial charge in [0.1, 0.15) is 23.6 Å². The molecule has 2 unspecified atom stereocenters. The first-order valence-corrected chi connectivity index (χ1v) is 23.2. The summed E-state index contributed by atoms with van der Waals surface area (Å²) < 4.78 is 11.7. The van der Waals surface area contributed by atoms with Crippen LogP contribution in [0.4, 0.5) is 11.4 Å². The molecule has 9 nitrogen and oxygen atoms in total. The normalized spacial score (nSPS) is 12.6. The molecule has 0 radical (unpaired) electrons. The molecule has 2 atom stereocenters. The van der Waals surface area contributed by atoms with Crippen molar-refractivity contribution in [2.45, 2.75) is 226 Å². The van der Waals surface area contributed by atoms with E-state index in [9.17, 15) is 19.2 Å². The lowest BCUT2D eigenvalue weighted by Crippen LogP contribution is -2.37. The minimum absolute atomic E-state index is 0.00562. The van der Waals surface area contributed by atoms with Gasteiger partial charge in [-0.3, -0.25) is 19.2 Å². The van der Waals surface area contributed by atoms with Crippen molar-refractivity contribution in [3.63, 3.8) is 0 Å². The second kappa shape index (κ2) is 34.8. The fourth-order valence-corrected chi connectivity index (χ4v) is 7.38. The minimum atomic E-state index is -0.436. The average molecular weight is 776 g/mol. The Bertz CT molecular complexity index is 1150. The van der Waals surface area contributed by atoms with Crippen LogP contribution < -0.4 is 21.5 Å². The molecule has 0 aliphatic heterocycles. The molecule has 320 valence electrons. The maximum absolute atomic E-state index is 12.7. The maximum atomic E-state index is 12.7. The summed E-state index contributed by atoms with van der Waals surface area (Å²) >= 11 is 0. The van der Waals surface area contributed by atoms with Gasteiger partial charge in [-0.25, -0.2) is 0 Å². The third-order valence-electron chi connectivity index (χ3n) is 11.0. The summed E-state index contributed by atoms with van der Waals surface area (Å²) in [4.78, 5) is 51.1. The van der Waals surface area contributed by atoms with Crippen LogP contribution in [0.5, 0.6) is 0 Å². The van der Waals surface area contributed by atoms with E-state index in [0.717, 1.165) is 148 Å². The van der Waals surface area contributed by atoms with E-state index in [-0.39, 0.29) is 24.1 Å². The van der Waals surface area contributed by atoms with Crippen LogP contribution in [-0.4, -0.2) is 62.3 Å².